The molecule has 3 aromatic rings. The lowest BCUT2D eigenvalue weighted by Crippen LogP contribution is -2.32. The van der Waals surface area contributed by atoms with E-state index in [-0.39, 0.29) is 5.91 Å². The Balaban J connectivity index is 1.48. The summed E-state index contributed by atoms with van der Waals surface area (Å²) in [5.41, 5.74) is 3.08. The van der Waals surface area contributed by atoms with Crippen LogP contribution < -0.4 is 9.47 Å². The summed E-state index contributed by atoms with van der Waals surface area (Å²) in [6.07, 6.45) is 0.293. The van der Waals surface area contributed by atoms with Crippen LogP contribution in [0.15, 0.2) is 53.9 Å². The van der Waals surface area contributed by atoms with E-state index in [0.29, 0.717) is 19.6 Å². The van der Waals surface area contributed by atoms with Gasteiger partial charge in [-0.15, -0.1) is 11.3 Å². The second-order valence-corrected chi connectivity index (χ2v) is 7.39. The topological polar surface area (TPSA) is 51.7 Å². The fraction of sp³-hybridized carbons (Fsp3) is 0.273. The number of rotatable bonds is 8. The van der Waals surface area contributed by atoms with E-state index >= 15 is 0 Å². The number of carbonyl (C=O) groups is 1. The maximum Gasteiger partial charge on any atom is 0.228 e. The van der Waals surface area contributed by atoms with Gasteiger partial charge in [-0.2, -0.15) is 0 Å². The zero-order valence-corrected chi connectivity index (χ0v) is 17.2. The van der Waals surface area contributed by atoms with Crippen molar-refractivity contribution < 1.29 is 14.3 Å². The molecule has 146 valence electrons. The first kappa shape index (κ1) is 19.9. The normalized spacial score (nSPS) is 10.5. The van der Waals surface area contributed by atoms with Gasteiger partial charge < -0.3 is 14.4 Å². The maximum atomic E-state index is 12.5. The standard InChI is InChI=1S/C22H24N2O3S/c1-16-5-4-6-17(13-16)22-23-18(15-28-22)14-21(25)24(2)11-12-27-20-9-7-19(26-3)8-10-20/h4-10,13,15H,11-12,14H2,1-3H3. The van der Waals surface area contributed by atoms with Crippen molar-refractivity contribution in [3.05, 3.63) is 65.2 Å². The van der Waals surface area contributed by atoms with Crippen LogP contribution in [0.4, 0.5) is 0 Å². The van der Waals surface area contributed by atoms with Crippen molar-refractivity contribution in [3.8, 4) is 22.1 Å². The van der Waals surface area contributed by atoms with Crippen LogP contribution in [0, 0.1) is 6.92 Å². The third-order valence-corrected chi connectivity index (χ3v) is 5.27. The van der Waals surface area contributed by atoms with E-state index in [1.165, 1.54) is 5.56 Å². The minimum absolute atomic E-state index is 0.0272. The van der Waals surface area contributed by atoms with E-state index in [1.54, 1.807) is 30.4 Å². The molecule has 6 heteroatoms. The molecular formula is C22H24N2O3S. The van der Waals surface area contributed by atoms with Gasteiger partial charge in [-0.25, -0.2) is 4.98 Å². The van der Waals surface area contributed by atoms with Gasteiger partial charge in [0.05, 0.1) is 25.8 Å². The van der Waals surface area contributed by atoms with Crippen molar-refractivity contribution in [3.63, 3.8) is 0 Å². The molecule has 3 rings (SSSR count). The highest BCUT2D eigenvalue weighted by molar-refractivity contribution is 7.13. The molecule has 0 N–H and O–H groups in total. The van der Waals surface area contributed by atoms with E-state index in [4.69, 9.17) is 9.47 Å². The van der Waals surface area contributed by atoms with Gasteiger partial charge in [-0.05, 0) is 37.3 Å². The van der Waals surface area contributed by atoms with Gasteiger partial charge in [0, 0.05) is 18.0 Å². The third-order valence-electron chi connectivity index (χ3n) is 4.33. The SMILES string of the molecule is COc1ccc(OCCN(C)C(=O)Cc2csc(-c3cccc(C)c3)n2)cc1. The van der Waals surface area contributed by atoms with Crippen molar-refractivity contribution in [2.24, 2.45) is 0 Å². The molecule has 0 atom stereocenters. The molecule has 1 heterocycles. The summed E-state index contributed by atoms with van der Waals surface area (Å²) < 4.78 is 10.8. The molecule has 1 aromatic heterocycles. The summed E-state index contributed by atoms with van der Waals surface area (Å²) in [4.78, 5) is 18.7. The fourth-order valence-corrected chi connectivity index (χ4v) is 3.50. The quantitative estimate of drug-likeness (QED) is 0.572. The van der Waals surface area contributed by atoms with Crippen LogP contribution in [0.1, 0.15) is 11.3 Å². The molecule has 0 saturated carbocycles. The molecule has 0 bridgehead atoms. The zero-order chi connectivity index (χ0) is 19.9. The molecule has 0 aliphatic carbocycles. The third kappa shape index (κ3) is 5.33. The summed E-state index contributed by atoms with van der Waals surface area (Å²) in [6, 6.07) is 15.6. The number of amides is 1. The molecule has 1 amide bonds. The van der Waals surface area contributed by atoms with Gasteiger partial charge in [-0.1, -0.05) is 23.8 Å². The summed E-state index contributed by atoms with van der Waals surface area (Å²) >= 11 is 1.57. The first-order chi connectivity index (χ1) is 13.5. The fourth-order valence-electron chi connectivity index (χ4n) is 2.69. The van der Waals surface area contributed by atoms with Gasteiger partial charge in [0.2, 0.25) is 5.91 Å². The van der Waals surface area contributed by atoms with E-state index in [9.17, 15) is 4.79 Å². The molecule has 0 aliphatic rings. The molecule has 0 radical (unpaired) electrons. The smallest absolute Gasteiger partial charge is 0.228 e. The maximum absolute atomic E-state index is 12.5. The largest absolute Gasteiger partial charge is 0.497 e. The lowest BCUT2D eigenvalue weighted by atomic mass is 10.1. The summed E-state index contributed by atoms with van der Waals surface area (Å²) in [5, 5.41) is 2.90. The van der Waals surface area contributed by atoms with Crippen molar-refractivity contribution in [2.75, 3.05) is 27.3 Å². The molecule has 28 heavy (non-hydrogen) atoms. The van der Waals surface area contributed by atoms with Gasteiger partial charge in [0.25, 0.3) is 0 Å². The second-order valence-electron chi connectivity index (χ2n) is 6.53. The lowest BCUT2D eigenvalue weighted by molar-refractivity contribution is -0.129. The molecule has 2 aromatic carbocycles. The first-order valence-corrected chi connectivity index (χ1v) is 9.95. The van der Waals surface area contributed by atoms with Gasteiger partial charge in [0.15, 0.2) is 0 Å². The second kappa shape index (κ2) is 9.37. The zero-order valence-electron chi connectivity index (χ0n) is 16.3. The number of likely N-dealkylation sites (N-methyl/N-ethyl adjacent to an activating group) is 1. The Hall–Kier alpha value is -2.86. The average Bonchev–Trinajstić information content (AvgIpc) is 3.17. The molecule has 0 unspecified atom stereocenters. The van der Waals surface area contributed by atoms with Gasteiger partial charge in [0.1, 0.15) is 23.1 Å². The molecule has 0 fully saturated rings. The molecule has 0 aliphatic heterocycles. The van der Waals surface area contributed by atoms with Crippen LogP contribution in [-0.4, -0.2) is 43.1 Å². The van der Waals surface area contributed by atoms with Crippen LogP contribution in [-0.2, 0) is 11.2 Å². The number of carbonyl (C=O) groups excluding carboxylic acids is 1. The van der Waals surface area contributed by atoms with Crippen LogP contribution >= 0.6 is 11.3 Å². The summed E-state index contributed by atoms with van der Waals surface area (Å²) in [5.74, 6) is 1.57. The van der Waals surface area contributed by atoms with Gasteiger partial charge >= 0.3 is 0 Å². The van der Waals surface area contributed by atoms with Crippen molar-refractivity contribution in [1.29, 1.82) is 0 Å². The van der Waals surface area contributed by atoms with Crippen LogP contribution in [0.25, 0.3) is 10.6 Å². The lowest BCUT2D eigenvalue weighted by Gasteiger charge is -2.17. The Morgan fingerprint density at radius 3 is 2.61 bits per heavy atom. The van der Waals surface area contributed by atoms with Crippen molar-refractivity contribution in [2.45, 2.75) is 13.3 Å². The number of hydrogen-bond donors (Lipinski definition) is 0. The predicted octanol–water partition coefficient (Wildman–Crippen LogP) is 4.21. The van der Waals surface area contributed by atoms with E-state index < -0.39 is 0 Å². The molecule has 0 spiro atoms. The Bertz CT molecular complexity index is 922. The van der Waals surface area contributed by atoms with Crippen LogP contribution in [0.5, 0.6) is 11.5 Å². The minimum atomic E-state index is 0.0272. The average molecular weight is 397 g/mol. The van der Waals surface area contributed by atoms with Crippen molar-refractivity contribution in [1.82, 2.24) is 9.88 Å². The highest BCUT2D eigenvalue weighted by Gasteiger charge is 2.13. The van der Waals surface area contributed by atoms with Gasteiger partial charge in [-0.3, -0.25) is 4.79 Å². The first-order valence-electron chi connectivity index (χ1n) is 9.07. The van der Waals surface area contributed by atoms with Crippen molar-refractivity contribution >= 4 is 17.2 Å². The molecule has 0 saturated heterocycles. The molecular weight excluding hydrogens is 372 g/mol. The number of nitrogens with zero attached hydrogens (tertiary/aromatic N) is 2. The number of methoxy groups -OCH3 is 1. The van der Waals surface area contributed by atoms with E-state index in [2.05, 4.69) is 24.0 Å². The monoisotopic (exact) mass is 396 g/mol. The Morgan fingerprint density at radius 2 is 1.89 bits per heavy atom. The van der Waals surface area contributed by atoms with E-state index in [1.807, 2.05) is 41.8 Å². The van der Waals surface area contributed by atoms with Crippen LogP contribution in [0.3, 0.4) is 0 Å². The number of ether oxygens (including phenoxy) is 2. The number of hydrogen-bond acceptors (Lipinski definition) is 5. The number of aromatic nitrogens is 1. The summed E-state index contributed by atoms with van der Waals surface area (Å²) in [7, 11) is 3.41. The Kier molecular flexibility index (Phi) is 6.66. The Labute approximate surface area is 169 Å². The number of thiazole rings is 1. The Morgan fingerprint density at radius 1 is 1.14 bits per heavy atom. The molecule has 5 nitrogen and oxygen atoms in total. The summed E-state index contributed by atoms with van der Waals surface area (Å²) in [6.45, 7) is 3.00. The van der Waals surface area contributed by atoms with Crippen LogP contribution in [0.2, 0.25) is 0 Å². The minimum Gasteiger partial charge on any atom is -0.497 e. The van der Waals surface area contributed by atoms with E-state index in [0.717, 1.165) is 27.8 Å². The highest BCUT2D eigenvalue weighted by Crippen LogP contribution is 2.24. The number of aryl methyl sites for hydroxylation is 1. The highest BCUT2D eigenvalue weighted by atomic mass is 32.1. The predicted molar refractivity (Wildman–Crippen MR) is 112 cm³/mol. The number of benzene rings is 2.